The van der Waals surface area contributed by atoms with Crippen molar-refractivity contribution in [1.29, 1.82) is 0 Å². The average molecular weight is 354 g/mol. The quantitative estimate of drug-likeness (QED) is 0.790. The summed E-state index contributed by atoms with van der Waals surface area (Å²) in [7, 11) is 0. The molecule has 0 fully saturated rings. The van der Waals surface area contributed by atoms with Crippen LogP contribution < -0.4 is 4.74 Å². The minimum Gasteiger partial charge on any atom is -0.492 e. The minimum atomic E-state index is -0.437. The fraction of sp³-hybridized carbons (Fsp3) is 0.478. The third kappa shape index (κ3) is 5.33. The number of hydrogen-bond donors (Lipinski definition) is 1. The van der Waals surface area contributed by atoms with Gasteiger partial charge in [-0.25, -0.2) is 0 Å². The van der Waals surface area contributed by atoms with Gasteiger partial charge in [0.25, 0.3) is 0 Å². The fourth-order valence-corrected chi connectivity index (χ4v) is 3.42. The average Bonchev–Trinajstić information content (AvgIpc) is 2.86. The second-order valence-electron chi connectivity index (χ2n) is 7.71. The number of ether oxygens (including phenoxy) is 1. The third-order valence-electron chi connectivity index (χ3n) is 5.10. The van der Waals surface area contributed by atoms with Gasteiger partial charge in [0, 0.05) is 18.7 Å². The number of fused-ring (bicyclic) bond motifs is 1. The van der Waals surface area contributed by atoms with E-state index in [0.29, 0.717) is 5.92 Å². The highest BCUT2D eigenvalue weighted by atomic mass is 16.5. The Kier molecular flexibility index (Phi) is 6.70. The van der Waals surface area contributed by atoms with Gasteiger partial charge in [0.1, 0.15) is 12.4 Å². The fourth-order valence-electron chi connectivity index (χ4n) is 3.42. The molecule has 0 aliphatic carbocycles. The first-order valence-electron chi connectivity index (χ1n) is 9.82. The van der Waals surface area contributed by atoms with Crippen LogP contribution in [0.5, 0.6) is 5.75 Å². The largest absolute Gasteiger partial charge is 0.492 e. The van der Waals surface area contributed by atoms with Gasteiger partial charge in [0.05, 0.1) is 6.10 Å². The van der Waals surface area contributed by atoms with E-state index in [9.17, 15) is 5.11 Å². The number of aliphatic hydroxyl groups excluding tert-OH is 1. The van der Waals surface area contributed by atoms with Crippen LogP contribution in [0.2, 0.25) is 0 Å². The van der Waals surface area contributed by atoms with Crippen molar-refractivity contribution >= 4 is 0 Å². The molecule has 3 nitrogen and oxygen atoms in total. The molecule has 3 rings (SSSR count). The molecule has 3 heteroatoms. The van der Waals surface area contributed by atoms with E-state index in [1.165, 1.54) is 17.5 Å². The highest BCUT2D eigenvalue weighted by Gasteiger charge is 2.18. The number of aliphatic hydroxyl groups is 1. The summed E-state index contributed by atoms with van der Waals surface area (Å²) >= 11 is 0. The van der Waals surface area contributed by atoms with Crippen LogP contribution >= 0.6 is 0 Å². The third-order valence-corrected chi connectivity index (χ3v) is 5.10. The number of rotatable bonds is 7. The predicted octanol–water partition coefficient (Wildman–Crippen LogP) is 4.59. The molecule has 0 unspecified atom stereocenters. The maximum absolute atomic E-state index is 10.6. The lowest BCUT2D eigenvalue weighted by Gasteiger charge is -2.20. The van der Waals surface area contributed by atoms with Crippen molar-refractivity contribution in [2.45, 2.75) is 45.8 Å². The Morgan fingerprint density at radius 1 is 1.08 bits per heavy atom. The van der Waals surface area contributed by atoms with Crippen LogP contribution in [0.3, 0.4) is 0 Å². The smallest absolute Gasteiger partial charge is 0.123 e. The zero-order valence-corrected chi connectivity index (χ0v) is 16.0. The van der Waals surface area contributed by atoms with Crippen LogP contribution in [0.15, 0.2) is 48.5 Å². The van der Waals surface area contributed by atoms with Crippen molar-refractivity contribution < 1.29 is 9.84 Å². The second-order valence-corrected chi connectivity index (χ2v) is 7.71. The van der Waals surface area contributed by atoms with Crippen LogP contribution in [0.25, 0.3) is 0 Å². The maximum atomic E-state index is 10.6. The molecular weight excluding hydrogens is 322 g/mol. The zero-order chi connectivity index (χ0) is 18.4. The standard InChI is InChI=1S/C23H31NO2/c1-18(2)12-13-24-14-15-26-23-11-9-20(16-21(23)17-24)22(25)10-8-19-6-4-3-5-7-19/h3-7,9,11,16,18,22,25H,8,10,12-15,17H2,1-2H3/t22-/m0/s1. The highest BCUT2D eigenvalue weighted by Crippen LogP contribution is 2.28. The van der Waals surface area contributed by atoms with Gasteiger partial charge in [-0.1, -0.05) is 50.2 Å². The van der Waals surface area contributed by atoms with E-state index in [-0.39, 0.29) is 0 Å². The van der Waals surface area contributed by atoms with E-state index in [4.69, 9.17) is 4.74 Å². The van der Waals surface area contributed by atoms with Crippen molar-refractivity contribution in [3.8, 4) is 5.75 Å². The Labute approximate surface area is 157 Å². The molecule has 0 spiro atoms. The van der Waals surface area contributed by atoms with Gasteiger partial charge in [-0.15, -0.1) is 0 Å². The molecule has 0 aromatic heterocycles. The zero-order valence-electron chi connectivity index (χ0n) is 16.0. The van der Waals surface area contributed by atoms with E-state index in [2.05, 4.69) is 36.9 Å². The molecule has 26 heavy (non-hydrogen) atoms. The molecular formula is C23H31NO2. The summed E-state index contributed by atoms with van der Waals surface area (Å²) in [4.78, 5) is 2.46. The summed E-state index contributed by atoms with van der Waals surface area (Å²) in [6.07, 6.45) is 2.39. The molecule has 0 bridgehead atoms. The first kappa shape index (κ1) is 18.9. The van der Waals surface area contributed by atoms with E-state index in [1.54, 1.807) is 0 Å². The Bertz CT molecular complexity index is 684. The van der Waals surface area contributed by atoms with E-state index in [0.717, 1.165) is 50.4 Å². The summed E-state index contributed by atoms with van der Waals surface area (Å²) in [5.41, 5.74) is 3.46. The molecule has 1 atom stereocenters. The molecule has 140 valence electrons. The van der Waals surface area contributed by atoms with Gasteiger partial charge in [-0.3, -0.25) is 4.90 Å². The molecule has 1 aliphatic heterocycles. The summed E-state index contributed by atoms with van der Waals surface area (Å²) < 4.78 is 5.93. The van der Waals surface area contributed by atoms with Crippen molar-refractivity contribution in [3.05, 3.63) is 65.2 Å². The first-order valence-corrected chi connectivity index (χ1v) is 9.82. The van der Waals surface area contributed by atoms with Crippen molar-refractivity contribution in [1.82, 2.24) is 4.90 Å². The Morgan fingerprint density at radius 3 is 2.65 bits per heavy atom. The van der Waals surface area contributed by atoms with Crippen molar-refractivity contribution in [2.75, 3.05) is 19.7 Å². The van der Waals surface area contributed by atoms with Gasteiger partial charge in [-0.05, 0) is 55.0 Å². The summed E-state index contributed by atoms with van der Waals surface area (Å²) in [5, 5.41) is 10.6. The van der Waals surface area contributed by atoms with E-state index in [1.807, 2.05) is 30.3 Å². The lowest BCUT2D eigenvalue weighted by molar-refractivity contribution is 0.167. The molecule has 1 N–H and O–H groups in total. The van der Waals surface area contributed by atoms with Gasteiger partial charge in [0.15, 0.2) is 0 Å². The van der Waals surface area contributed by atoms with E-state index < -0.39 is 6.10 Å². The van der Waals surface area contributed by atoms with Crippen LogP contribution in [-0.4, -0.2) is 29.7 Å². The predicted molar refractivity (Wildman–Crippen MR) is 106 cm³/mol. The first-order chi connectivity index (χ1) is 12.6. The monoisotopic (exact) mass is 353 g/mol. The molecule has 2 aromatic carbocycles. The Hall–Kier alpha value is -1.84. The van der Waals surface area contributed by atoms with Crippen LogP contribution in [0, 0.1) is 5.92 Å². The highest BCUT2D eigenvalue weighted by molar-refractivity contribution is 5.38. The lowest BCUT2D eigenvalue weighted by Crippen LogP contribution is -2.27. The lowest BCUT2D eigenvalue weighted by atomic mass is 9.99. The number of hydrogen-bond acceptors (Lipinski definition) is 3. The van der Waals surface area contributed by atoms with Crippen molar-refractivity contribution in [3.63, 3.8) is 0 Å². The Morgan fingerprint density at radius 2 is 1.88 bits per heavy atom. The SMILES string of the molecule is CC(C)CCN1CCOc2ccc([C@@H](O)CCc3ccccc3)cc2C1. The van der Waals surface area contributed by atoms with Gasteiger partial charge in [0.2, 0.25) is 0 Å². The van der Waals surface area contributed by atoms with Gasteiger partial charge < -0.3 is 9.84 Å². The molecule has 1 heterocycles. The summed E-state index contributed by atoms with van der Waals surface area (Å²) in [6.45, 7) is 8.24. The summed E-state index contributed by atoms with van der Waals surface area (Å²) in [5.74, 6) is 1.68. The number of benzene rings is 2. The molecule has 1 aliphatic rings. The van der Waals surface area contributed by atoms with Crippen LogP contribution in [0.4, 0.5) is 0 Å². The molecule has 0 saturated carbocycles. The molecule has 0 saturated heterocycles. The van der Waals surface area contributed by atoms with Gasteiger partial charge >= 0.3 is 0 Å². The number of aryl methyl sites for hydroxylation is 1. The van der Waals surface area contributed by atoms with Crippen molar-refractivity contribution in [2.24, 2.45) is 5.92 Å². The topological polar surface area (TPSA) is 32.7 Å². The summed E-state index contributed by atoms with van der Waals surface area (Å²) in [6, 6.07) is 16.5. The molecule has 2 aromatic rings. The maximum Gasteiger partial charge on any atom is 0.123 e. The Balaban J connectivity index is 1.64. The molecule has 0 amide bonds. The van der Waals surface area contributed by atoms with Crippen LogP contribution in [-0.2, 0) is 13.0 Å². The minimum absolute atomic E-state index is 0.437. The van der Waals surface area contributed by atoms with E-state index >= 15 is 0 Å². The second kappa shape index (κ2) is 9.20. The van der Waals surface area contributed by atoms with Gasteiger partial charge in [-0.2, -0.15) is 0 Å². The normalized spacial score (nSPS) is 16.0. The van der Waals surface area contributed by atoms with Crippen LogP contribution in [0.1, 0.15) is 49.5 Å². The number of nitrogens with zero attached hydrogens (tertiary/aromatic N) is 1. The molecule has 0 radical (unpaired) electrons.